The van der Waals surface area contributed by atoms with E-state index >= 15 is 0 Å². The van der Waals surface area contributed by atoms with E-state index in [1.807, 2.05) is 36.1 Å². The van der Waals surface area contributed by atoms with Crippen molar-refractivity contribution in [3.63, 3.8) is 0 Å². The van der Waals surface area contributed by atoms with Gasteiger partial charge in [0.25, 0.3) is 0 Å². The summed E-state index contributed by atoms with van der Waals surface area (Å²) in [6.07, 6.45) is 0. The van der Waals surface area contributed by atoms with Crippen LogP contribution in [0, 0.1) is 13.8 Å². The molecule has 2 amide bonds. The minimum absolute atomic E-state index is 0.0902. The van der Waals surface area contributed by atoms with E-state index in [9.17, 15) is 4.79 Å². The van der Waals surface area contributed by atoms with Gasteiger partial charge in [0.05, 0.1) is 22.5 Å². The van der Waals surface area contributed by atoms with E-state index in [4.69, 9.17) is 9.72 Å². The van der Waals surface area contributed by atoms with E-state index in [0.717, 1.165) is 23.7 Å². The SMILES string of the molecule is CCOc1ccccc1NC(=O)N1CCN(c2nc3cc(C)cc(C)c3s2)CC1. The highest BCUT2D eigenvalue weighted by Gasteiger charge is 2.24. The van der Waals surface area contributed by atoms with Gasteiger partial charge in [-0.2, -0.15) is 0 Å². The van der Waals surface area contributed by atoms with E-state index in [2.05, 4.69) is 36.2 Å². The van der Waals surface area contributed by atoms with Crippen LogP contribution in [0.15, 0.2) is 36.4 Å². The van der Waals surface area contributed by atoms with Gasteiger partial charge in [0.15, 0.2) is 5.13 Å². The van der Waals surface area contributed by atoms with Crippen LogP contribution in [0.1, 0.15) is 18.1 Å². The fourth-order valence-electron chi connectivity index (χ4n) is 3.65. The molecule has 29 heavy (non-hydrogen) atoms. The number of ether oxygens (including phenoxy) is 1. The van der Waals surface area contributed by atoms with Gasteiger partial charge in [-0.25, -0.2) is 9.78 Å². The van der Waals surface area contributed by atoms with Crippen LogP contribution >= 0.6 is 11.3 Å². The van der Waals surface area contributed by atoms with Crippen LogP contribution < -0.4 is 15.0 Å². The van der Waals surface area contributed by atoms with Crippen molar-refractivity contribution < 1.29 is 9.53 Å². The number of carbonyl (C=O) groups is 1. The van der Waals surface area contributed by atoms with Crippen LogP contribution in [-0.4, -0.2) is 48.7 Å². The summed E-state index contributed by atoms with van der Waals surface area (Å²) in [5.41, 5.74) is 4.28. The summed E-state index contributed by atoms with van der Waals surface area (Å²) in [7, 11) is 0. The smallest absolute Gasteiger partial charge is 0.322 e. The van der Waals surface area contributed by atoms with Crippen molar-refractivity contribution in [2.24, 2.45) is 0 Å². The number of fused-ring (bicyclic) bond motifs is 1. The normalized spacial score (nSPS) is 14.3. The Morgan fingerprint density at radius 1 is 1.17 bits per heavy atom. The number of nitrogens with one attached hydrogen (secondary N) is 1. The first-order valence-corrected chi connectivity index (χ1v) is 10.8. The van der Waals surface area contributed by atoms with Crippen molar-refractivity contribution in [2.75, 3.05) is 43.0 Å². The molecule has 1 N–H and O–H groups in total. The largest absolute Gasteiger partial charge is 0.492 e. The standard InChI is InChI=1S/C22H26N4O2S/c1-4-28-19-8-6-5-7-17(19)23-21(27)25-9-11-26(12-10-25)22-24-18-14-15(2)13-16(3)20(18)29-22/h5-8,13-14H,4,9-12H2,1-3H3,(H,23,27). The molecule has 0 unspecified atom stereocenters. The molecule has 1 aliphatic heterocycles. The zero-order valence-corrected chi connectivity index (χ0v) is 17.9. The number of nitrogens with zero attached hydrogens (tertiary/aromatic N) is 3. The van der Waals surface area contributed by atoms with Crippen LogP contribution in [0.2, 0.25) is 0 Å². The maximum absolute atomic E-state index is 12.7. The zero-order valence-electron chi connectivity index (χ0n) is 17.1. The molecule has 1 fully saturated rings. The zero-order chi connectivity index (χ0) is 20.4. The number of piperazine rings is 1. The highest BCUT2D eigenvalue weighted by atomic mass is 32.1. The number of para-hydroxylation sites is 2. The summed E-state index contributed by atoms with van der Waals surface area (Å²) in [6, 6.07) is 11.8. The topological polar surface area (TPSA) is 57.7 Å². The van der Waals surface area contributed by atoms with Gasteiger partial charge in [-0.15, -0.1) is 0 Å². The Balaban J connectivity index is 1.41. The van der Waals surface area contributed by atoms with E-state index in [-0.39, 0.29) is 6.03 Å². The number of thiazole rings is 1. The molecular weight excluding hydrogens is 384 g/mol. The van der Waals surface area contributed by atoms with Gasteiger partial charge in [-0.1, -0.05) is 29.5 Å². The second kappa shape index (κ2) is 8.29. The molecule has 1 aromatic heterocycles. The van der Waals surface area contributed by atoms with Gasteiger partial charge in [-0.05, 0) is 50.1 Å². The number of amides is 2. The molecule has 7 heteroatoms. The molecule has 0 atom stereocenters. The first kappa shape index (κ1) is 19.5. The fourth-order valence-corrected chi connectivity index (χ4v) is 4.71. The second-order valence-electron chi connectivity index (χ2n) is 7.26. The van der Waals surface area contributed by atoms with Crippen LogP contribution in [0.3, 0.4) is 0 Å². The molecular formula is C22H26N4O2S. The van der Waals surface area contributed by atoms with Crippen LogP contribution in [0.4, 0.5) is 15.6 Å². The first-order chi connectivity index (χ1) is 14.0. The van der Waals surface area contributed by atoms with Gasteiger partial charge < -0.3 is 19.9 Å². The summed E-state index contributed by atoms with van der Waals surface area (Å²) in [6.45, 7) is 9.62. The van der Waals surface area contributed by atoms with Gasteiger partial charge >= 0.3 is 6.03 Å². The average molecular weight is 411 g/mol. The van der Waals surface area contributed by atoms with Gasteiger partial charge in [0, 0.05) is 26.2 Å². The lowest BCUT2D eigenvalue weighted by molar-refractivity contribution is 0.208. The minimum Gasteiger partial charge on any atom is -0.492 e. The van der Waals surface area contributed by atoms with Crippen molar-refractivity contribution in [2.45, 2.75) is 20.8 Å². The number of carbonyl (C=O) groups excluding carboxylic acids is 1. The molecule has 2 aromatic carbocycles. The Hall–Kier alpha value is -2.80. The number of rotatable bonds is 4. The molecule has 3 aromatic rings. The van der Waals surface area contributed by atoms with Crippen LogP contribution in [0.25, 0.3) is 10.2 Å². The number of benzene rings is 2. The summed E-state index contributed by atoms with van der Waals surface area (Å²) >= 11 is 1.74. The fraction of sp³-hybridized carbons (Fsp3) is 0.364. The van der Waals surface area contributed by atoms with Gasteiger partial charge in [0.2, 0.25) is 0 Å². The first-order valence-electron chi connectivity index (χ1n) is 9.95. The van der Waals surface area contributed by atoms with Crippen LogP contribution in [0.5, 0.6) is 5.75 Å². The molecule has 0 spiro atoms. The Morgan fingerprint density at radius 2 is 1.93 bits per heavy atom. The quantitative estimate of drug-likeness (QED) is 0.679. The van der Waals surface area contributed by atoms with Gasteiger partial charge in [0.1, 0.15) is 5.75 Å². The lowest BCUT2D eigenvalue weighted by atomic mass is 10.1. The third kappa shape index (κ3) is 4.15. The third-order valence-electron chi connectivity index (χ3n) is 5.07. The Kier molecular flexibility index (Phi) is 5.58. The lowest BCUT2D eigenvalue weighted by Crippen LogP contribution is -2.50. The number of urea groups is 1. The Morgan fingerprint density at radius 3 is 2.69 bits per heavy atom. The number of aromatic nitrogens is 1. The maximum atomic E-state index is 12.7. The molecule has 4 rings (SSSR count). The summed E-state index contributed by atoms with van der Waals surface area (Å²) in [5, 5.41) is 4.02. The number of aryl methyl sites for hydroxylation is 2. The van der Waals surface area contributed by atoms with Crippen molar-refractivity contribution in [3.05, 3.63) is 47.5 Å². The van der Waals surface area contributed by atoms with E-state index in [1.165, 1.54) is 15.8 Å². The third-order valence-corrected chi connectivity index (χ3v) is 6.34. The second-order valence-corrected chi connectivity index (χ2v) is 8.24. The minimum atomic E-state index is -0.0902. The highest BCUT2D eigenvalue weighted by molar-refractivity contribution is 7.22. The highest BCUT2D eigenvalue weighted by Crippen LogP contribution is 2.32. The van der Waals surface area contributed by atoms with E-state index in [0.29, 0.717) is 31.1 Å². The molecule has 0 radical (unpaired) electrons. The predicted molar refractivity (Wildman–Crippen MR) is 120 cm³/mol. The molecule has 0 saturated carbocycles. The molecule has 0 bridgehead atoms. The summed E-state index contributed by atoms with van der Waals surface area (Å²) < 4.78 is 6.85. The molecule has 0 aliphatic carbocycles. The van der Waals surface area contributed by atoms with Crippen molar-refractivity contribution in [1.82, 2.24) is 9.88 Å². The molecule has 2 heterocycles. The lowest BCUT2D eigenvalue weighted by Gasteiger charge is -2.34. The van der Waals surface area contributed by atoms with Crippen molar-refractivity contribution in [3.8, 4) is 5.75 Å². The van der Waals surface area contributed by atoms with E-state index < -0.39 is 0 Å². The monoisotopic (exact) mass is 410 g/mol. The average Bonchev–Trinajstić information content (AvgIpc) is 3.14. The number of anilines is 2. The van der Waals surface area contributed by atoms with Crippen LogP contribution in [-0.2, 0) is 0 Å². The molecule has 6 nitrogen and oxygen atoms in total. The van der Waals surface area contributed by atoms with Gasteiger partial charge in [-0.3, -0.25) is 0 Å². The molecule has 152 valence electrons. The number of hydrogen-bond acceptors (Lipinski definition) is 5. The maximum Gasteiger partial charge on any atom is 0.322 e. The molecule has 1 saturated heterocycles. The van der Waals surface area contributed by atoms with Crippen molar-refractivity contribution >= 4 is 38.4 Å². The van der Waals surface area contributed by atoms with E-state index in [1.54, 1.807) is 11.3 Å². The van der Waals surface area contributed by atoms with Crippen molar-refractivity contribution in [1.29, 1.82) is 0 Å². The Bertz CT molecular complexity index is 1020. The molecule has 1 aliphatic rings. The summed E-state index contributed by atoms with van der Waals surface area (Å²) in [5.74, 6) is 0.696. The number of hydrogen-bond donors (Lipinski definition) is 1. The summed E-state index contributed by atoms with van der Waals surface area (Å²) in [4.78, 5) is 21.7. The Labute approximate surface area is 175 Å². The predicted octanol–water partition coefficient (Wildman–Crippen LogP) is 4.67.